The molecule has 0 radical (unpaired) electrons. The van der Waals surface area contributed by atoms with E-state index in [0.29, 0.717) is 5.89 Å². The summed E-state index contributed by atoms with van der Waals surface area (Å²) < 4.78 is 4.95. The van der Waals surface area contributed by atoms with E-state index >= 15 is 0 Å². The molecule has 1 aromatic rings. The van der Waals surface area contributed by atoms with E-state index in [9.17, 15) is 0 Å². The lowest BCUT2D eigenvalue weighted by Crippen LogP contribution is -2.15. The number of likely N-dealkylation sites (N-methyl/N-ethyl adjacent to an activating group) is 1. The lowest BCUT2D eigenvalue weighted by molar-refractivity contribution is 0.352. The van der Waals surface area contributed by atoms with Crippen LogP contribution in [0.1, 0.15) is 24.7 Å². The molecule has 0 spiro atoms. The van der Waals surface area contributed by atoms with Crippen LogP contribution in [-0.4, -0.2) is 35.7 Å². The Balaban J connectivity index is 2.49. The van der Waals surface area contributed by atoms with Crippen LogP contribution in [0.5, 0.6) is 0 Å². The summed E-state index contributed by atoms with van der Waals surface area (Å²) in [6.45, 7) is 2.74. The zero-order valence-electron chi connectivity index (χ0n) is 8.32. The molecule has 0 amide bonds. The predicted octanol–water partition coefficient (Wildman–Crippen LogP) is 0.193. The van der Waals surface area contributed by atoms with Gasteiger partial charge in [0, 0.05) is 13.0 Å². The van der Waals surface area contributed by atoms with Gasteiger partial charge in [-0.3, -0.25) is 0 Å². The standard InChI is InChI=1S/C8H16N4O/c1-6(9)8-10-7(11-13-8)4-5-12(2)3/h6H,4-5,9H2,1-3H3. The molecule has 1 rings (SSSR count). The summed E-state index contributed by atoms with van der Waals surface area (Å²) in [6, 6.07) is -0.180. The predicted molar refractivity (Wildman–Crippen MR) is 49.2 cm³/mol. The van der Waals surface area contributed by atoms with Crippen LogP contribution in [0, 0.1) is 0 Å². The molecule has 0 aliphatic rings. The summed E-state index contributed by atoms with van der Waals surface area (Å²) in [6.07, 6.45) is 0.795. The first kappa shape index (κ1) is 10.1. The zero-order valence-corrected chi connectivity index (χ0v) is 8.32. The van der Waals surface area contributed by atoms with Crippen molar-refractivity contribution in [3.63, 3.8) is 0 Å². The molecule has 0 bridgehead atoms. The van der Waals surface area contributed by atoms with Gasteiger partial charge in [-0.25, -0.2) is 0 Å². The van der Waals surface area contributed by atoms with Crippen LogP contribution in [0.25, 0.3) is 0 Å². The topological polar surface area (TPSA) is 68.2 Å². The highest BCUT2D eigenvalue weighted by atomic mass is 16.5. The average Bonchev–Trinajstić information content (AvgIpc) is 2.48. The van der Waals surface area contributed by atoms with Gasteiger partial charge < -0.3 is 15.2 Å². The monoisotopic (exact) mass is 184 g/mol. The van der Waals surface area contributed by atoms with Crippen molar-refractivity contribution in [1.29, 1.82) is 0 Å². The largest absolute Gasteiger partial charge is 0.338 e. The van der Waals surface area contributed by atoms with E-state index in [1.54, 1.807) is 0 Å². The Morgan fingerprint density at radius 2 is 2.23 bits per heavy atom. The van der Waals surface area contributed by atoms with E-state index in [0.717, 1.165) is 18.8 Å². The first-order chi connectivity index (χ1) is 6.09. The second-order valence-corrected chi connectivity index (χ2v) is 3.39. The normalized spacial score (nSPS) is 13.6. The van der Waals surface area contributed by atoms with E-state index < -0.39 is 0 Å². The van der Waals surface area contributed by atoms with Gasteiger partial charge in [0.1, 0.15) is 0 Å². The van der Waals surface area contributed by atoms with Crippen molar-refractivity contribution in [2.75, 3.05) is 20.6 Å². The first-order valence-electron chi connectivity index (χ1n) is 4.32. The molecule has 1 atom stereocenters. The van der Waals surface area contributed by atoms with Crippen LogP contribution < -0.4 is 5.73 Å². The Morgan fingerprint density at radius 1 is 1.54 bits per heavy atom. The number of nitrogens with zero attached hydrogens (tertiary/aromatic N) is 3. The van der Waals surface area contributed by atoms with Gasteiger partial charge in [-0.15, -0.1) is 0 Å². The van der Waals surface area contributed by atoms with E-state index in [1.165, 1.54) is 0 Å². The van der Waals surface area contributed by atoms with Crippen molar-refractivity contribution >= 4 is 0 Å². The third-order valence-electron chi connectivity index (χ3n) is 1.66. The molecule has 0 fully saturated rings. The first-order valence-corrected chi connectivity index (χ1v) is 4.32. The highest BCUT2D eigenvalue weighted by molar-refractivity contribution is 4.90. The van der Waals surface area contributed by atoms with Crippen molar-refractivity contribution in [3.05, 3.63) is 11.7 Å². The van der Waals surface area contributed by atoms with Crippen LogP contribution in [0.2, 0.25) is 0 Å². The van der Waals surface area contributed by atoms with Crippen molar-refractivity contribution < 1.29 is 4.52 Å². The van der Waals surface area contributed by atoms with E-state index in [-0.39, 0.29) is 6.04 Å². The van der Waals surface area contributed by atoms with Gasteiger partial charge in [0.25, 0.3) is 0 Å². The SMILES string of the molecule is CC(N)c1nc(CCN(C)C)no1. The van der Waals surface area contributed by atoms with Crippen LogP contribution in [-0.2, 0) is 6.42 Å². The van der Waals surface area contributed by atoms with E-state index in [2.05, 4.69) is 15.0 Å². The third-order valence-corrected chi connectivity index (χ3v) is 1.66. The van der Waals surface area contributed by atoms with E-state index in [1.807, 2.05) is 21.0 Å². The molecule has 1 aromatic heterocycles. The average molecular weight is 184 g/mol. The minimum absolute atomic E-state index is 0.180. The van der Waals surface area contributed by atoms with Crippen molar-refractivity contribution in [1.82, 2.24) is 15.0 Å². The lowest BCUT2D eigenvalue weighted by Gasteiger charge is -2.05. The fourth-order valence-electron chi connectivity index (χ4n) is 0.878. The van der Waals surface area contributed by atoms with Crippen molar-refractivity contribution in [2.45, 2.75) is 19.4 Å². The summed E-state index contributed by atoms with van der Waals surface area (Å²) in [7, 11) is 4.01. The zero-order chi connectivity index (χ0) is 9.84. The summed E-state index contributed by atoms with van der Waals surface area (Å²) in [5, 5.41) is 3.82. The summed E-state index contributed by atoms with van der Waals surface area (Å²) >= 11 is 0. The number of hydrogen-bond donors (Lipinski definition) is 1. The van der Waals surface area contributed by atoms with Crippen LogP contribution >= 0.6 is 0 Å². The summed E-state index contributed by atoms with van der Waals surface area (Å²) in [5.74, 6) is 1.23. The lowest BCUT2D eigenvalue weighted by atomic mass is 10.3. The maximum absolute atomic E-state index is 5.58. The van der Waals surface area contributed by atoms with Crippen LogP contribution in [0.15, 0.2) is 4.52 Å². The molecule has 0 saturated carbocycles. The molecule has 0 aromatic carbocycles. The molecular formula is C8H16N4O. The van der Waals surface area contributed by atoms with Crippen molar-refractivity contribution in [3.8, 4) is 0 Å². The third kappa shape index (κ3) is 3.12. The summed E-state index contributed by atoms with van der Waals surface area (Å²) in [4.78, 5) is 6.22. The van der Waals surface area contributed by atoms with Gasteiger partial charge in [-0.05, 0) is 21.0 Å². The Morgan fingerprint density at radius 3 is 2.69 bits per heavy atom. The highest BCUT2D eigenvalue weighted by Crippen LogP contribution is 2.05. The fraction of sp³-hybridized carbons (Fsp3) is 0.750. The van der Waals surface area contributed by atoms with Crippen LogP contribution in [0.4, 0.5) is 0 Å². The second-order valence-electron chi connectivity index (χ2n) is 3.39. The maximum Gasteiger partial charge on any atom is 0.243 e. The molecule has 74 valence electrons. The van der Waals surface area contributed by atoms with Gasteiger partial charge in [0.2, 0.25) is 5.89 Å². The quantitative estimate of drug-likeness (QED) is 0.723. The smallest absolute Gasteiger partial charge is 0.243 e. The Bertz CT molecular complexity index is 256. The number of nitrogens with two attached hydrogens (primary N) is 1. The number of rotatable bonds is 4. The number of hydrogen-bond acceptors (Lipinski definition) is 5. The molecule has 0 saturated heterocycles. The molecule has 0 aliphatic heterocycles. The van der Waals surface area contributed by atoms with Gasteiger partial charge >= 0.3 is 0 Å². The Kier molecular flexibility index (Phi) is 3.39. The fourth-order valence-corrected chi connectivity index (χ4v) is 0.878. The Hall–Kier alpha value is -0.940. The molecule has 2 N–H and O–H groups in total. The minimum Gasteiger partial charge on any atom is -0.338 e. The number of aromatic nitrogens is 2. The van der Waals surface area contributed by atoms with Gasteiger partial charge in [0.05, 0.1) is 6.04 Å². The molecule has 5 heteroatoms. The second kappa shape index (κ2) is 4.34. The molecule has 5 nitrogen and oxygen atoms in total. The van der Waals surface area contributed by atoms with Crippen molar-refractivity contribution in [2.24, 2.45) is 5.73 Å². The molecule has 1 heterocycles. The van der Waals surface area contributed by atoms with Gasteiger partial charge in [-0.1, -0.05) is 5.16 Å². The molecular weight excluding hydrogens is 168 g/mol. The highest BCUT2D eigenvalue weighted by Gasteiger charge is 2.09. The molecule has 0 aliphatic carbocycles. The molecule has 13 heavy (non-hydrogen) atoms. The molecule has 1 unspecified atom stereocenters. The summed E-state index contributed by atoms with van der Waals surface area (Å²) in [5.41, 5.74) is 5.58. The van der Waals surface area contributed by atoms with Crippen LogP contribution in [0.3, 0.4) is 0 Å². The van der Waals surface area contributed by atoms with E-state index in [4.69, 9.17) is 10.3 Å². The van der Waals surface area contributed by atoms with Gasteiger partial charge in [-0.2, -0.15) is 4.98 Å². The van der Waals surface area contributed by atoms with Gasteiger partial charge in [0.15, 0.2) is 5.82 Å². The minimum atomic E-state index is -0.180. The maximum atomic E-state index is 5.58. The Labute approximate surface area is 77.9 Å².